The average Bonchev–Trinajstić information content (AvgIpc) is 2.08. The summed E-state index contributed by atoms with van der Waals surface area (Å²) in [5, 5.41) is 7.88. The average molecular weight is 154 g/mol. The summed E-state index contributed by atoms with van der Waals surface area (Å²) in [5.41, 5.74) is 0. The van der Waals surface area contributed by atoms with E-state index < -0.39 is 0 Å². The SMILES string of the molecule is C.CCCO.c1ccccc1. The zero-order valence-electron chi connectivity index (χ0n) is 6.33. The fourth-order valence-electron chi connectivity index (χ4n) is 0.385. The van der Waals surface area contributed by atoms with Gasteiger partial charge in [-0.15, -0.1) is 0 Å². The predicted octanol–water partition coefficient (Wildman–Crippen LogP) is 2.71. The van der Waals surface area contributed by atoms with Gasteiger partial charge in [-0.05, 0) is 6.42 Å². The Balaban J connectivity index is 0. The molecule has 1 aromatic carbocycles. The van der Waals surface area contributed by atoms with Gasteiger partial charge in [-0.1, -0.05) is 50.7 Å². The molecule has 0 unspecified atom stereocenters. The first-order valence-electron chi connectivity index (χ1n) is 3.52. The first-order valence-corrected chi connectivity index (χ1v) is 3.52. The van der Waals surface area contributed by atoms with E-state index in [-0.39, 0.29) is 7.43 Å². The number of benzene rings is 1. The van der Waals surface area contributed by atoms with Crippen LogP contribution in [0.3, 0.4) is 0 Å². The highest BCUT2D eigenvalue weighted by molar-refractivity contribution is 4.99. The zero-order chi connectivity index (χ0) is 7.66. The molecule has 0 aliphatic carbocycles. The van der Waals surface area contributed by atoms with Gasteiger partial charge in [0.15, 0.2) is 0 Å². The third-order valence-electron chi connectivity index (χ3n) is 0.890. The second-order valence-corrected chi connectivity index (χ2v) is 1.88. The predicted molar refractivity (Wildman–Crippen MR) is 50.5 cm³/mol. The molecule has 0 saturated carbocycles. The molecule has 1 rings (SSSR count). The Morgan fingerprint density at radius 3 is 1.18 bits per heavy atom. The van der Waals surface area contributed by atoms with Gasteiger partial charge in [0.05, 0.1) is 0 Å². The summed E-state index contributed by atoms with van der Waals surface area (Å²) < 4.78 is 0. The molecule has 0 fully saturated rings. The van der Waals surface area contributed by atoms with Crippen LogP contribution in [0.15, 0.2) is 36.4 Å². The minimum atomic E-state index is 0. The minimum absolute atomic E-state index is 0. The van der Waals surface area contributed by atoms with Crippen LogP contribution >= 0.6 is 0 Å². The molecule has 0 radical (unpaired) electrons. The van der Waals surface area contributed by atoms with Crippen molar-refractivity contribution >= 4 is 0 Å². The quantitative estimate of drug-likeness (QED) is 0.659. The second kappa shape index (κ2) is 11.9. The molecule has 0 aliphatic heterocycles. The van der Waals surface area contributed by atoms with E-state index >= 15 is 0 Å². The normalized spacial score (nSPS) is 7.09. The van der Waals surface area contributed by atoms with Gasteiger partial charge in [-0.3, -0.25) is 0 Å². The summed E-state index contributed by atoms with van der Waals surface area (Å²) >= 11 is 0. The van der Waals surface area contributed by atoms with Gasteiger partial charge in [0, 0.05) is 6.61 Å². The largest absolute Gasteiger partial charge is 0.396 e. The van der Waals surface area contributed by atoms with E-state index in [2.05, 4.69) is 0 Å². The molecule has 1 heteroatoms. The first-order chi connectivity index (χ1) is 4.91. The van der Waals surface area contributed by atoms with E-state index in [1.807, 2.05) is 43.3 Å². The van der Waals surface area contributed by atoms with Crippen LogP contribution < -0.4 is 0 Å². The van der Waals surface area contributed by atoms with Gasteiger partial charge in [-0.25, -0.2) is 0 Å². The third-order valence-corrected chi connectivity index (χ3v) is 0.890. The van der Waals surface area contributed by atoms with Crippen molar-refractivity contribution in [2.75, 3.05) is 6.61 Å². The minimum Gasteiger partial charge on any atom is -0.396 e. The smallest absolute Gasteiger partial charge is 0.0428 e. The molecule has 1 aromatic rings. The Morgan fingerprint density at radius 1 is 0.909 bits per heavy atom. The topological polar surface area (TPSA) is 20.2 Å². The Bertz CT molecular complexity index is 96.8. The van der Waals surface area contributed by atoms with Gasteiger partial charge in [-0.2, -0.15) is 0 Å². The van der Waals surface area contributed by atoms with Crippen LogP contribution in [-0.4, -0.2) is 11.7 Å². The number of aliphatic hydroxyl groups excluding tert-OH is 1. The Labute approximate surface area is 69.7 Å². The van der Waals surface area contributed by atoms with Gasteiger partial charge >= 0.3 is 0 Å². The molecule has 0 aromatic heterocycles. The molecule has 1 nitrogen and oxygen atoms in total. The van der Waals surface area contributed by atoms with Crippen molar-refractivity contribution < 1.29 is 5.11 Å². The molecule has 0 saturated heterocycles. The molecule has 0 heterocycles. The molecule has 0 spiro atoms. The second-order valence-electron chi connectivity index (χ2n) is 1.88. The van der Waals surface area contributed by atoms with Crippen molar-refractivity contribution in [2.24, 2.45) is 0 Å². The number of hydrogen-bond acceptors (Lipinski definition) is 1. The van der Waals surface area contributed by atoms with Gasteiger partial charge in [0.25, 0.3) is 0 Å². The maximum absolute atomic E-state index is 7.88. The zero-order valence-corrected chi connectivity index (χ0v) is 6.33. The Hall–Kier alpha value is -0.820. The van der Waals surface area contributed by atoms with Crippen molar-refractivity contribution in [3.63, 3.8) is 0 Å². The summed E-state index contributed by atoms with van der Waals surface area (Å²) in [7, 11) is 0. The van der Waals surface area contributed by atoms with E-state index in [9.17, 15) is 0 Å². The summed E-state index contributed by atoms with van der Waals surface area (Å²) in [6.45, 7) is 2.25. The highest BCUT2D eigenvalue weighted by Crippen LogP contribution is 1.79. The lowest BCUT2D eigenvalue weighted by Crippen LogP contribution is -1.69. The molecule has 0 atom stereocenters. The summed E-state index contributed by atoms with van der Waals surface area (Å²) in [5.74, 6) is 0. The highest BCUT2D eigenvalue weighted by atomic mass is 16.2. The monoisotopic (exact) mass is 154 g/mol. The van der Waals surface area contributed by atoms with E-state index in [0.717, 1.165) is 6.42 Å². The third kappa shape index (κ3) is 12.4. The highest BCUT2D eigenvalue weighted by Gasteiger charge is 1.58. The number of rotatable bonds is 1. The number of aliphatic hydroxyl groups is 1. The molecule has 1 N–H and O–H groups in total. The van der Waals surface area contributed by atoms with Crippen LogP contribution in [0.1, 0.15) is 20.8 Å². The maximum Gasteiger partial charge on any atom is 0.0428 e. The van der Waals surface area contributed by atoms with Crippen LogP contribution in [-0.2, 0) is 0 Å². The van der Waals surface area contributed by atoms with E-state index in [0.29, 0.717) is 6.61 Å². The lowest BCUT2D eigenvalue weighted by molar-refractivity contribution is 0.295. The van der Waals surface area contributed by atoms with Crippen LogP contribution in [0.4, 0.5) is 0 Å². The first kappa shape index (κ1) is 12.8. The van der Waals surface area contributed by atoms with Gasteiger partial charge in [0.2, 0.25) is 0 Å². The van der Waals surface area contributed by atoms with Crippen LogP contribution in [0.5, 0.6) is 0 Å². The molecule has 0 bridgehead atoms. The molecular weight excluding hydrogens is 136 g/mol. The van der Waals surface area contributed by atoms with Crippen molar-refractivity contribution in [1.82, 2.24) is 0 Å². The lowest BCUT2D eigenvalue weighted by atomic mass is 10.4. The van der Waals surface area contributed by atoms with Gasteiger partial charge < -0.3 is 5.11 Å². The fraction of sp³-hybridized carbons (Fsp3) is 0.400. The molecule has 64 valence electrons. The summed E-state index contributed by atoms with van der Waals surface area (Å²) in [4.78, 5) is 0. The fourth-order valence-corrected chi connectivity index (χ4v) is 0.385. The number of hydrogen-bond donors (Lipinski definition) is 1. The van der Waals surface area contributed by atoms with Crippen LogP contribution in [0, 0.1) is 0 Å². The van der Waals surface area contributed by atoms with Crippen molar-refractivity contribution in [3.05, 3.63) is 36.4 Å². The van der Waals surface area contributed by atoms with Crippen LogP contribution in [0.25, 0.3) is 0 Å². The van der Waals surface area contributed by atoms with Crippen molar-refractivity contribution in [1.29, 1.82) is 0 Å². The van der Waals surface area contributed by atoms with Crippen molar-refractivity contribution in [3.8, 4) is 0 Å². The van der Waals surface area contributed by atoms with E-state index in [1.165, 1.54) is 0 Å². The van der Waals surface area contributed by atoms with Crippen molar-refractivity contribution in [2.45, 2.75) is 20.8 Å². The summed E-state index contributed by atoms with van der Waals surface area (Å²) in [6.07, 6.45) is 0.875. The van der Waals surface area contributed by atoms with E-state index in [4.69, 9.17) is 5.11 Å². The Kier molecular flexibility index (Phi) is 13.9. The van der Waals surface area contributed by atoms with E-state index in [1.54, 1.807) is 0 Å². The molecular formula is C10H18O. The van der Waals surface area contributed by atoms with Gasteiger partial charge in [0.1, 0.15) is 0 Å². The van der Waals surface area contributed by atoms with Crippen LogP contribution in [0.2, 0.25) is 0 Å². The summed E-state index contributed by atoms with van der Waals surface area (Å²) in [6, 6.07) is 12.0. The lowest BCUT2D eigenvalue weighted by Gasteiger charge is -1.69. The molecule has 0 amide bonds. The molecule has 11 heavy (non-hydrogen) atoms. The maximum atomic E-state index is 7.88. The standard InChI is InChI=1S/C6H6.C3H8O.CH4/c1-2-4-6-5-3-1;1-2-3-4;/h1-6H;4H,2-3H2,1H3;1H4. The Morgan fingerprint density at radius 2 is 1.09 bits per heavy atom. The molecule has 0 aliphatic rings.